The van der Waals surface area contributed by atoms with Crippen LogP contribution in [0.5, 0.6) is 0 Å². The van der Waals surface area contributed by atoms with E-state index < -0.39 is 0 Å². The van der Waals surface area contributed by atoms with Gasteiger partial charge < -0.3 is 15.2 Å². The Kier molecular flexibility index (Phi) is 4.06. The number of nitrogens with one attached hydrogen (secondary N) is 2. The van der Waals surface area contributed by atoms with Gasteiger partial charge in [-0.2, -0.15) is 4.98 Å². The van der Waals surface area contributed by atoms with Gasteiger partial charge >= 0.3 is 0 Å². The van der Waals surface area contributed by atoms with Gasteiger partial charge in [-0.05, 0) is 13.0 Å². The van der Waals surface area contributed by atoms with Crippen LogP contribution < -0.4 is 10.6 Å². The zero-order chi connectivity index (χ0) is 12.8. The SMILES string of the molecule is CCNc1nccc(NCCc2nncn2C)n1. The average molecular weight is 247 g/mol. The predicted octanol–water partition coefficient (Wildman–Crippen LogP) is 0.691. The lowest BCUT2D eigenvalue weighted by Gasteiger charge is -2.06. The van der Waals surface area contributed by atoms with Crippen LogP contribution in [0, 0.1) is 0 Å². The summed E-state index contributed by atoms with van der Waals surface area (Å²) in [6.07, 6.45) is 4.23. The van der Waals surface area contributed by atoms with Crippen molar-refractivity contribution in [3.8, 4) is 0 Å². The zero-order valence-electron chi connectivity index (χ0n) is 10.6. The number of aryl methyl sites for hydroxylation is 1. The molecule has 2 rings (SSSR count). The Morgan fingerprint density at radius 3 is 2.94 bits per heavy atom. The highest BCUT2D eigenvalue weighted by Gasteiger charge is 2.01. The maximum atomic E-state index is 4.33. The molecule has 2 aromatic rings. The monoisotopic (exact) mass is 247 g/mol. The molecule has 0 aliphatic heterocycles. The molecule has 0 spiro atoms. The minimum absolute atomic E-state index is 0.640. The van der Waals surface area contributed by atoms with Crippen LogP contribution in [-0.2, 0) is 13.5 Å². The summed E-state index contributed by atoms with van der Waals surface area (Å²) in [6.45, 7) is 3.58. The molecule has 96 valence electrons. The molecule has 2 heterocycles. The fraction of sp³-hybridized carbons (Fsp3) is 0.455. The van der Waals surface area contributed by atoms with Crippen molar-refractivity contribution < 1.29 is 0 Å². The Hall–Kier alpha value is -2.18. The summed E-state index contributed by atoms with van der Waals surface area (Å²) in [6, 6.07) is 1.84. The summed E-state index contributed by atoms with van der Waals surface area (Å²) >= 11 is 0. The molecule has 7 heteroatoms. The van der Waals surface area contributed by atoms with E-state index in [-0.39, 0.29) is 0 Å². The maximum Gasteiger partial charge on any atom is 0.224 e. The molecule has 0 bridgehead atoms. The normalized spacial score (nSPS) is 10.3. The van der Waals surface area contributed by atoms with Crippen molar-refractivity contribution in [3.63, 3.8) is 0 Å². The van der Waals surface area contributed by atoms with E-state index in [9.17, 15) is 0 Å². The van der Waals surface area contributed by atoms with Crippen molar-refractivity contribution in [1.29, 1.82) is 0 Å². The molecule has 2 aromatic heterocycles. The summed E-state index contributed by atoms with van der Waals surface area (Å²) in [5.41, 5.74) is 0. The number of anilines is 2. The molecule has 0 aliphatic rings. The Balaban J connectivity index is 1.86. The lowest BCUT2D eigenvalue weighted by Crippen LogP contribution is -2.11. The van der Waals surface area contributed by atoms with Crippen molar-refractivity contribution in [2.45, 2.75) is 13.3 Å². The second kappa shape index (κ2) is 5.95. The van der Waals surface area contributed by atoms with Crippen LogP contribution in [0.1, 0.15) is 12.7 Å². The molecule has 0 amide bonds. The molecule has 18 heavy (non-hydrogen) atoms. The van der Waals surface area contributed by atoms with E-state index in [0.29, 0.717) is 5.95 Å². The molecule has 0 atom stereocenters. The van der Waals surface area contributed by atoms with Gasteiger partial charge in [0.15, 0.2) is 0 Å². The quantitative estimate of drug-likeness (QED) is 0.781. The highest BCUT2D eigenvalue weighted by Crippen LogP contribution is 2.05. The van der Waals surface area contributed by atoms with Crippen LogP contribution in [0.15, 0.2) is 18.6 Å². The molecular formula is C11H17N7. The van der Waals surface area contributed by atoms with Gasteiger partial charge in [-0.25, -0.2) is 4.98 Å². The van der Waals surface area contributed by atoms with Crippen LogP contribution in [0.25, 0.3) is 0 Å². The number of aromatic nitrogens is 5. The molecule has 0 saturated heterocycles. The molecular weight excluding hydrogens is 230 g/mol. The van der Waals surface area contributed by atoms with E-state index in [1.54, 1.807) is 12.5 Å². The van der Waals surface area contributed by atoms with Gasteiger partial charge in [-0.15, -0.1) is 10.2 Å². The first-order valence-corrected chi connectivity index (χ1v) is 5.93. The summed E-state index contributed by atoms with van der Waals surface area (Å²) in [7, 11) is 1.93. The van der Waals surface area contributed by atoms with E-state index >= 15 is 0 Å². The standard InChI is InChI=1S/C11H17N7/c1-3-12-11-14-6-4-9(16-11)13-7-5-10-17-15-8-18(10)2/h4,6,8H,3,5,7H2,1-2H3,(H2,12,13,14,16). The predicted molar refractivity (Wildman–Crippen MR) is 69.4 cm³/mol. The lowest BCUT2D eigenvalue weighted by molar-refractivity contribution is 0.787. The molecule has 0 fully saturated rings. The average Bonchev–Trinajstić information content (AvgIpc) is 2.76. The number of rotatable bonds is 6. The first-order valence-electron chi connectivity index (χ1n) is 5.93. The topological polar surface area (TPSA) is 80.5 Å². The van der Waals surface area contributed by atoms with Crippen LogP contribution in [0.3, 0.4) is 0 Å². The lowest BCUT2D eigenvalue weighted by atomic mass is 10.4. The van der Waals surface area contributed by atoms with Crippen molar-refractivity contribution >= 4 is 11.8 Å². The third-order valence-corrected chi connectivity index (χ3v) is 2.45. The van der Waals surface area contributed by atoms with E-state index in [2.05, 4.69) is 30.8 Å². The fourth-order valence-electron chi connectivity index (χ4n) is 1.54. The third-order valence-electron chi connectivity index (χ3n) is 2.45. The summed E-state index contributed by atoms with van der Waals surface area (Å²) < 4.78 is 1.91. The van der Waals surface area contributed by atoms with Crippen LogP contribution >= 0.6 is 0 Å². The van der Waals surface area contributed by atoms with Gasteiger partial charge in [0.25, 0.3) is 0 Å². The van der Waals surface area contributed by atoms with Gasteiger partial charge in [-0.1, -0.05) is 0 Å². The van der Waals surface area contributed by atoms with Crippen LogP contribution in [0.4, 0.5) is 11.8 Å². The maximum absolute atomic E-state index is 4.33. The molecule has 0 unspecified atom stereocenters. The number of nitrogens with zero attached hydrogens (tertiary/aromatic N) is 5. The van der Waals surface area contributed by atoms with Gasteiger partial charge in [0.05, 0.1) is 0 Å². The van der Waals surface area contributed by atoms with Gasteiger partial charge in [0, 0.05) is 32.8 Å². The van der Waals surface area contributed by atoms with Crippen molar-refractivity contribution in [3.05, 3.63) is 24.4 Å². The summed E-state index contributed by atoms with van der Waals surface area (Å²) in [5.74, 6) is 2.40. The second-order valence-corrected chi connectivity index (χ2v) is 3.83. The van der Waals surface area contributed by atoms with E-state index in [1.807, 2.05) is 24.6 Å². The highest BCUT2D eigenvalue weighted by atomic mass is 15.2. The molecule has 0 saturated carbocycles. The summed E-state index contributed by atoms with van der Waals surface area (Å²) in [5, 5.41) is 14.2. The Bertz CT molecular complexity index is 494. The smallest absolute Gasteiger partial charge is 0.224 e. The van der Waals surface area contributed by atoms with Gasteiger partial charge in [0.2, 0.25) is 5.95 Å². The number of hydrogen-bond acceptors (Lipinski definition) is 6. The van der Waals surface area contributed by atoms with Crippen molar-refractivity contribution in [2.75, 3.05) is 23.7 Å². The third kappa shape index (κ3) is 3.16. The van der Waals surface area contributed by atoms with Crippen LogP contribution in [-0.4, -0.2) is 37.8 Å². The van der Waals surface area contributed by atoms with Gasteiger partial charge in [-0.3, -0.25) is 0 Å². The van der Waals surface area contributed by atoms with E-state index in [4.69, 9.17) is 0 Å². The summed E-state index contributed by atoms with van der Waals surface area (Å²) in [4.78, 5) is 8.44. The minimum atomic E-state index is 0.640. The Morgan fingerprint density at radius 1 is 1.33 bits per heavy atom. The molecule has 2 N–H and O–H groups in total. The molecule has 0 aliphatic carbocycles. The van der Waals surface area contributed by atoms with Crippen LogP contribution in [0.2, 0.25) is 0 Å². The zero-order valence-corrected chi connectivity index (χ0v) is 10.6. The second-order valence-electron chi connectivity index (χ2n) is 3.83. The van der Waals surface area contributed by atoms with Gasteiger partial charge in [0.1, 0.15) is 18.0 Å². The molecule has 7 nitrogen and oxygen atoms in total. The molecule has 0 radical (unpaired) electrons. The largest absolute Gasteiger partial charge is 0.369 e. The minimum Gasteiger partial charge on any atom is -0.369 e. The highest BCUT2D eigenvalue weighted by molar-refractivity contribution is 5.39. The first-order chi connectivity index (χ1) is 8.79. The van der Waals surface area contributed by atoms with Crippen molar-refractivity contribution in [2.24, 2.45) is 7.05 Å². The number of hydrogen-bond donors (Lipinski definition) is 2. The molecule has 0 aromatic carbocycles. The Labute approximate surface area is 106 Å². The Morgan fingerprint density at radius 2 is 2.22 bits per heavy atom. The first kappa shape index (κ1) is 12.3. The van der Waals surface area contributed by atoms with Crippen molar-refractivity contribution in [1.82, 2.24) is 24.7 Å². The fourth-order valence-corrected chi connectivity index (χ4v) is 1.54. The van der Waals surface area contributed by atoms with E-state index in [0.717, 1.165) is 31.2 Å². The van der Waals surface area contributed by atoms with E-state index in [1.165, 1.54) is 0 Å².